The molecule has 118 valence electrons. The van der Waals surface area contributed by atoms with Gasteiger partial charge in [-0.15, -0.1) is 0 Å². The van der Waals surface area contributed by atoms with E-state index >= 15 is 0 Å². The number of nitrogens with zero attached hydrogens (tertiary/aromatic N) is 2. The van der Waals surface area contributed by atoms with E-state index in [-0.39, 0.29) is 0 Å². The molecule has 2 rings (SSSR count). The Morgan fingerprint density at radius 3 is 2.05 bits per heavy atom. The highest BCUT2D eigenvalue weighted by Crippen LogP contribution is 2.22. The average molecular weight is 288 g/mol. The molecule has 2 heteroatoms. The summed E-state index contributed by atoms with van der Waals surface area (Å²) in [6, 6.07) is 9.89. The van der Waals surface area contributed by atoms with Crippen LogP contribution in [-0.4, -0.2) is 37.1 Å². The Hall–Kier alpha value is -1.02. The van der Waals surface area contributed by atoms with Crippen molar-refractivity contribution < 1.29 is 0 Å². The maximum absolute atomic E-state index is 2.71. The van der Waals surface area contributed by atoms with E-state index in [0.717, 1.165) is 18.4 Å². The molecular weight excluding hydrogens is 256 g/mol. The van der Waals surface area contributed by atoms with Gasteiger partial charge in [0.05, 0.1) is 0 Å². The first-order chi connectivity index (χ1) is 10.2. The molecule has 0 saturated carbocycles. The third-order valence-electron chi connectivity index (χ3n) is 4.85. The Labute approximate surface area is 131 Å². The Bertz CT molecular complexity index is 402. The van der Waals surface area contributed by atoms with Gasteiger partial charge in [-0.05, 0) is 36.5 Å². The highest BCUT2D eigenvalue weighted by atomic mass is 15.3. The van der Waals surface area contributed by atoms with Crippen molar-refractivity contribution in [2.75, 3.05) is 31.1 Å². The van der Waals surface area contributed by atoms with Crippen molar-refractivity contribution in [3.8, 4) is 0 Å². The van der Waals surface area contributed by atoms with Gasteiger partial charge in [0.2, 0.25) is 0 Å². The van der Waals surface area contributed by atoms with Gasteiger partial charge in [0.1, 0.15) is 0 Å². The molecule has 1 unspecified atom stereocenters. The van der Waals surface area contributed by atoms with Crippen molar-refractivity contribution in [3.05, 3.63) is 29.8 Å². The van der Waals surface area contributed by atoms with Crippen molar-refractivity contribution in [1.29, 1.82) is 0 Å². The number of hydrogen-bond donors (Lipinski definition) is 0. The van der Waals surface area contributed by atoms with Crippen molar-refractivity contribution >= 4 is 5.69 Å². The molecule has 1 heterocycles. The standard InChI is InChI=1S/C19H32N2/c1-5-7-19(16(3)4)21-14-12-20(13-15-21)18-10-8-17(6-2)9-11-18/h8-11,16,19H,5-7,12-15H2,1-4H3. The van der Waals surface area contributed by atoms with Gasteiger partial charge in [-0.3, -0.25) is 4.90 Å². The molecule has 0 amide bonds. The fourth-order valence-corrected chi connectivity index (χ4v) is 3.49. The van der Waals surface area contributed by atoms with Gasteiger partial charge in [-0.25, -0.2) is 0 Å². The van der Waals surface area contributed by atoms with E-state index in [0.29, 0.717) is 0 Å². The molecule has 21 heavy (non-hydrogen) atoms. The van der Waals surface area contributed by atoms with E-state index in [2.05, 4.69) is 61.8 Å². The molecule has 1 atom stereocenters. The summed E-state index contributed by atoms with van der Waals surface area (Å²) in [7, 11) is 0. The minimum Gasteiger partial charge on any atom is -0.369 e. The van der Waals surface area contributed by atoms with Crippen LogP contribution in [-0.2, 0) is 6.42 Å². The van der Waals surface area contributed by atoms with Crippen molar-refractivity contribution in [2.24, 2.45) is 5.92 Å². The number of hydrogen-bond acceptors (Lipinski definition) is 2. The number of aryl methyl sites for hydroxylation is 1. The quantitative estimate of drug-likeness (QED) is 0.774. The summed E-state index contributed by atoms with van der Waals surface area (Å²) in [5.41, 5.74) is 2.82. The molecule has 1 aromatic rings. The Morgan fingerprint density at radius 1 is 0.952 bits per heavy atom. The van der Waals surface area contributed by atoms with E-state index in [1.807, 2.05) is 0 Å². The molecule has 0 spiro atoms. The fraction of sp³-hybridized carbons (Fsp3) is 0.684. The zero-order valence-electron chi connectivity index (χ0n) is 14.3. The van der Waals surface area contributed by atoms with Crippen LogP contribution in [0.5, 0.6) is 0 Å². The number of benzene rings is 1. The molecule has 0 radical (unpaired) electrons. The Balaban J connectivity index is 1.92. The van der Waals surface area contributed by atoms with Crippen LogP contribution >= 0.6 is 0 Å². The zero-order chi connectivity index (χ0) is 15.2. The maximum Gasteiger partial charge on any atom is 0.0367 e. The average Bonchev–Trinajstić information content (AvgIpc) is 2.53. The zero-order valence-corrected chi connectivity index (χ0v) is 14.3. The topological polar surface area (TPSA) is 6.48 Å². The van der Waals surface area contributed by atoms with Crippen LogP contribution in [0, 0.1) is 5.92 Å². The van der Waals surface area contributed by atoms with Crippen LogP contribution < -0.4 is 4.90 Å². The second kappa shape index (κ2) is 7.84. The van der Waals surface area contributed by atoms with E-state index in [9.17, 15) is 0 Å². The van der Waals surface area contributed by atoms with Gasteiger partial charge in [0.15, 0.2) is 0 Å². The van der Waals surface area contributed by atoms with E-state index in [1.54, 1.807) is 0 Å². The summed E-state index contributed by atoms with van der Waals surface area (Å²) in [5.74, 6) is 0.764. The van der Waals surface area contributed by atoms with E-state index in [1.165, 1.54) is 50.3 Å². The van der Waals surface area contributed by atoms with Gasteiger partial charge in [0.25, 0.3) is 0 Å². The van der Waals surface area contributed by atoms with Crippen molar-refractivity contribution in [1.82, 2.24) is 4.90 Å². The lowest BCUT2D eigenvalue weighted by Gasteiger charge is -2.41. The molecular formula is C19H32N2. The minimum atomic E-state index is 0.764. The van der Waals surface area contributed by atoms with E-state index < -0.39 is 0 Å². The summed E-state index contributed by atoms with van der Waals surface area (Å²) < 4.78 is 0. The smallest absolute Gasteiger partial charge is 0.0367 e. The minimum absolute atomic E-state index is 0.764. The lowest BCUT2D eigenvalue weighted by Crippen LogP contribution is -2.51. The molecule has 1 aliphatic heterocycles. The monoisotopic (exact) mass is 288 g/mol. The van der Waals surface area contributed by atoms with Crippen LogP contribution in [0.1, 0.15) is 46.1 Å². The fourth-order valence-electron chi connectivity index (χ4n) is 3.49. The number of piperazine rings is 1. The molecule has 1 aromatic carbocycles. The first kappa shape index (κ1) is 16.4. The van der Waals surface area contributed by atoms with Gasteiger partial charge >= 0.3 is 0 Å². The first-order valence-electron chi connectivity index (χ1n) is 8.73. The van der Waals surface area contributed by atoms with Crippen molar-refractivity contribution in [3.63, 3.8) is 0 Å². The van der Waals surface area contributed by atoms with Gasteiger partial charge < -0.3 is 4.90 Å². The molecule has 2 nitrogen and oxygen atoms in total. The highest BCUT2D eigenvalue weighted by molar-refractivity contribution is 5.48. The van der Waals surface area contributed by atoms with Gasteiger partial charge in [-0.2, -0.15) is 0 Å². The lowest BCUT2D eigenvalue weighted by atomic mass is 9.97. The molecule has 0 N–H and O–H groups in total. The predicted molar refractivity (Wildman–Crippen MR) is 93.1 cm³/mol. The van der Waals surface area contributed by atoms with Gasteiger partial charge in [-0.1, -0.05) is 46.2 Å². The summed E-state index contributed by atoms with van der Waals surface area (Å²) in [6.45, 7) is 14.0. The van der Waals surface area contributed by atoms with Crippen molar-refractivity contribution in [2.45, 2.75) is 53.0 Å². The maximum atomic E-state index is 2.71. The Morgan fingerprint density at radius 2 is 1.57 bits per heavy atom. The number of rotatable bonds is 6. The molecule has 1 aliphatic rings. The molecule has 0 aromatic heterocycles. The van der Waals surface area contributed by atoms with Crippen LogP contribution in [0.3, 0.4) is 0 Å². The highest BCUT2D eigenvalue weighted by Gasteiger charge is 2.25. The lowest BCUT2D eigenvalue weighted by molar-refractivity contribution is 0.137. The largest absolute Gasteiger partial charge is 0.369 e. The molecule has 1 fully saturated rings. The second-order valence-electron chi connectivity index (χ2n) is 6.64. The summed E-state index contributed by atoms with van der Waals surface area (Å²) in [5, 5.41) is 0. The summed E-state index contributed by atoms with van der Waals surface area (Å²) in [6.07, 6.45) is 3.76. The van der Waals surface area contributed by atoms with Gasteiger partial charge in [0, 0.05) is 37.9 Å². The van der Waals surface area contributed by atoms with Crippen LogP contribution in [0.4, 0.5) is 5.69 Å². The van der Waals surface area contributed by atoms with Crippen LogP contribution in [0.15, 0.2) is 24.3 Å². The molecule has 1 saturated heterocycles. The summed E-state index contributed by atoms with van der Waals surface area (Å²) >= 11 is 0. The first-order valence-corrected chi connectivity index (χ1v) is 8.73. The Kier molecular flexibility index (Phi) is 6.10. The molecule has 0 aliphatic carbocycles. The number of anilines is 1. The third-order valence-corrected chi connectivity index (χ3v) is 4.85. The third kappa shape index (κ3) is 4.23. The summed E-state index contributed by atoms with van der Waals surface area (Å²) in [4.78, 5) is 5.25. The normalized spacial score (nSPS) is 18.2. The van der Waals surface area contributed by atoms with E-state index in [4.69, 9.17) is 0 Å². The SMILES string of the molecule is CCCC(C(C)C)N1CCN(c2ccc(CC)cc2)CC1. The second-order valence-corrected chi connectivity index (χ2v) is 6.64. The van der Waals surface area contributed by atoms with Crippen LogP contribution in [0.25, 0.3) is 0 Å². The predicted octanol–water partition coefficient (Wildman–Crippen LogP) is 4.20. The van der Waals surface area contributed by atoms with Crippen LogP contribution in [0.2, 0.25) is 0 Å². The molecule has 0 bridgehead atoms.